The molecular weight excluding hydrogens is 210 g/mol. The normalized spacial score (nSPS) is 24.6. The van der Waals surface area contributed by atoms with Crippen molar-refractivity contribution in [2.45, 2.75) is 51.7 Å². The van der Waals surface area contributed by atoms with E-state index >= 15 is 0 Å². The van der Waals surface area contributed by atoms with Gasteiger partial charge in [0.1, 0.15) is 0 Å². The molecule has 0 saturated heterocycles. The molecule has 0 radical (unpaired) electrons. The molecule has 1 fully saturated rings. The molecule has 1 aliphatic carbocycles. The summed E-state index contributed by atoms with van der Waals surface area (Å²) in [7, 11) is 1.82. The summed E-state index contributed by atoms with van der Waals surface area (Å²) in [5.74, 6) is 0. The third-order valence-electron chi connectivity index (χ3n) is 3.75. The quantitative estimate of drug-likeness (QED) is 0.860. The van der Waals surface area contributed by atoms with Gasteiger partial charge in [0.2, 0.25) is 0 Å². The lowest BCUT2D eigenvalue weighted by Gasteiger charge is -2.29. The first-order valence-corrected chi connectivity index (χ1v) is 6.55. The Bertz CT molecular complexity index is 367. The number of anilines is 1. The number of benzene rings is 1. The first kappa shape index (κ1) is 12.4. The Hall–Kier alpha value is -1.02. The third-order valence-corrected chi connectivity index (χ3v) is 3.75. The molecule has 1 saturated carbocycles. The van der Waals surface area contributed by atoms with E-state index in [-0.39, 0.29) is 0 Å². The van der Waals surface area contributed by atoms with Gasteiger partial charge in [-0.05, 0) is 51.2 Å². The highest BCUT2D eigenvalue weighted by atomic mass is 16.5. The van der Waals surface area contributed by atoms with E-state index in [0.717, 1.165) is 0 Å². The summed E-state index contributed by atoms with van der Waals surface area (Å²) in [5, 5.41) is 3.67. The van der Waals surface area contributed by atoms with Gasteiger partial charge < -0.3 is 10.1 Å². The predicted octanol–water partition coefficient (Wildman–Crippen LogP) is 3.67. The van der Waals surface area contributed by atoms with Crippen molar-refractivity contribution in [3.05, 3.63) is 29.3 Å². The summed E-state index contributed by atoms with van der Waals surface area (Å²) in [4.78, 5) is 0. The lowest BCUT2D eigenvalue weighted by atomic mass is 9.92. The zero-order chi connectivity index (χ0) is 12.3. The van der Waals surface area contributed by atoms with Crippen LogP contribution >= 0.6 is 0 Å². The number of rotatable bonds is 3. The van der Waals surface area contributed by atoms with Gasteiger partial charge in [-0.25, -0.2) is 0 Å². The Labute approximate surface area is 104 Å². The fraction of sp³-hybridized carbons (Fsp3) is 0.600. The Morgan fingerprint density at radius 2 is 1.82 bits per heavy atom. The molecule has 0 unspecified atom stereocenters. The summed E-state index contributed by atoms with van der Waals surface area (Å²) in [6, 6.07) is 7.23. The molecule has 0 aliphatic heterocycles. The van der Waals surface area contributed by atoms with Crippen LogP contribution in [0.3, 0.4) is 0 Å². The molecule has 0 spiro atoms. The smallest absolute Gasteiger partial charge is 0.0572 e. The van der Waals surface area contributed by atoms with E-state index in [1.165, 1.54) is 42.5 Å². The highest BCUT2D eigenvalue weighted by Crippen LogP contribution is 2.25. The van der Waals surface area contributed by atoms with Gasteiger partial charge in [0.25, 0.3) is 0 Å². The number of hydrogen-bond donors (Lipinski definition) is 1. The molecule has 1 aromatic carbocycles. The van der Waals surface area contributed by atoms with Crippen molar-refractivity contribution in [3.63, 3.8) is 0 Å². The van der Waals surface area contributed by atoms with Crippen LogP contribution in [0.15, 0.2) is 18.2 Å². The van der Waals surface area contributed by atoms with E-state index in [4.69, 9.17) is 4.74 Å². The van der Waals surface area contributed by atoms with E-state index in [0.29, 0.717) is 12.1 Å². The van der Waals surface area contributed by atoms with Crippen LogP contribution in [0.1, 0.15) is 36.8 Å². The monoisotopic (exact) mass is 233 g/mol. The highest BCUT2D eigenvalue weighted by molar-refractivity contribution is 5.52. The molecule has 1 aromatic rings. The Morgan fingerprint density at radius 3 is 2.41 bits per heavy atom. The fourth-order valence-electron chi connectivity index (χ4n) is 2.64. The SMILES string of the molecule is COC1CCC(Nc2ccc(C)cc2C)CC1. The summed E-state index contributed by atoms with van der Waals surface area (Å²) in [5.41, 5.74) is 3.96. The largest absolute Gasteiger partial charge is 0.382 e. The van der Waals surface area contributed by atoms with E-state index in [9.17, 15) is 0 Å². The van der Waals surface area contributed by atoms with Crippen LogP contribution < -0.4 is 5.32 Å². The Balaban J connectivity index is 1.93. The number of ether oxygens (including phenoxy) is 1. The Kier molecular flexibility index (Phi) is 4.06. The van der Waals surface area contributed by atoms with E-state index in [1.54, 1.807) is 0 Å². The summed E-state index contributed by atoms with van der Waals surface area (Å²) >= 11 is 0. The minimum Gasteiger partial charge on any atom is -0.382 e. The van der Waals surface area contributed by atoms with Crippen LogP contribution in [0.4, 0.5) is 5.69 Å². The lowest BCUT2D eigenvalue weighted by Crippen LogP contribution is -2.29. The van der Waals surface area contributed by atoms with Crippen molar-refractivity contribution in [3.8, 4) is 0 Å². The van der Waals surface area contributed by atoms with Gasteiger partial charge in [0.15, 0.2) is 0 Å². The zero-order valence-electron chi connectivity index (χ0n) is 11.1. The Morgan fingerprint density at radius 1 is 1.12 bits per heavy atom. The molecule has 0 heterocycles. The molecule has 2 heteroatoms. The number of aryl methyl sites for hydroxylation is 2. The molecule has 0 bridgehead atoms. The maximum absolute atomic E-state index is 5.40. The molecule has 2 rings (SSSR count). The average molecular weight is 233 g/mol. The maximum atomic E-state index is 5.40. The van der Waals surface area contributed by atoms with Crippen LogP contribution in [0.5, 0.6) is 0 Å². The molecule has 0 amide bonds. The van der Waals surface area contributed by atoms with Crippen molar-refractivity contribution in [2.24, 2.45) is 0 Å². The molecule has 1 N–H and O–H groups in total. The number of methoxy groups -OCH3 is 1. The first-order chi connectivity index (χ1) is 8.19. The van der Waals surface area contributed by atoms with Gasteiger partial charge in [0.05, 0.1) is 6.10 Å². The number of nitrogens with one attached hydrogen (secondary N) is 1. The van der Waals surface area contributed by atoms with E-state index in [1.807, 2.05) is 7.11 Å². The molecule has 0 aromatic heterocycles. The molecule has 0 atom stereocenters. The zero-order valence-corrected chi connectivity index (χ0v) is 11.1. The predicted molar refractivity (Wildman–Crippen MR) is 72.6 cm³/mol. The summed E-state index contributed by atoms with van der Waals surface area (Å²) in [6.07, 6.45) is 5.27. The van der Waals surface area contributed by atoms with Crippen LogP contribution in [-0.2, 0) is 4.74 Å². The average Bonchev–Trinajstić information content (AvgIpc) is 2.34. The second-order valence-corrected chi connectivity index (χ2v) is 5.17. The second-order valence-electron chi connectivity index (χ2n) is 5.17. The second kappa shape index (κ2) is 5.54. The van der Waals surface area contributed by atoms with Gasteiger partial charge >= 0.3 is 0 Å². The molecule has 94 valence electrons. The van der Waals surface area contributed by atoms with Crippen LogP contribution in [0.25, 0.3) is 0 Å². The van der Waals surface area contributed by atoms with Gasteiger partial charge in [0, 0.05) is 18.8 Å². The lowest BCUT2D eigenvalue weighted by molar-refractivity contribution is 0.0682. The van der Waals surface area contributed by atoms with Crippen molar-refractivity contribution in [1.29, 1.82) is 0 Å². The molecule has 2 nitrogen and oxygen atoms in total. The van der Waals surface area contributed by atoms with Crippen molar-refractivity contribution in [1.82, 2.24) is 0 Å². The van der Waals surface area contributed by atoms with Crippen molar-refractivity contribution in [2.75, 3.05) is 12.4 Å². The fourth-order valence-corrected chi connectivity index (χ4v) is 2.64. The minimum atomic E-state index is 0.479. The standard InChI is InChI=1S/C15H23NO/c1-11-4-9-15(12(2)10-11)16-13-5-7-14(17-3)8-6-13/h4,9-10,13-14,16H,5-8H2,1-3H3. The van der Waals surface area contributed by atoms with Crippen molar-refractivity contribution < 1.29 is 4.74 Å². The van der Waals surface area contributed by atoms with Crippen LogP contribution in [0, 0.1) is 13.8 Å². The number of hydrogen-bond acceptors (Lipinski definition) is 2. The summed E-state index contributed by atoms with van der Waals surface area (Å²) in [6.45, 7) is 4.32. The third kappa shape index (κ3) is 3.22. The van der Waals surface area contributed by atoms with Crippen molar-refractivity contribution >= 4 is 5.69 Å². The van der Waals surface area contributed by atoms with Gasteiger partial charge in [-0.15, -0.1) is 0 Å². The maximum Gasteiger partial charge on any atom is 0.0572 e. The molecule has 1 aliphatic rings. The first-order valence-electron chi connectivity index (χ1n) is 6.55. The summed E-state index contributed by atoms with van der Waals surface area (Å²) < 4.78 is 5.40. The highest BCUT2D eigenvalue weighted by Gasteiger charge is 2.20. The van der Waals surface area contributed by atoms with Gasteiger partial charge in [-0.2, -0.15) is 0 Å². The topological polar surface area (TPSA) is 21.3 Å². The van der Waals surface area contributed by atoms with Crippen LogP contribution in [-0.4, -0.2) is 19.3 Å². The van der Waals surface area contributed by atoms with Crippen LogP contribution in [0.2, 0.25) is 0 Å². The van der Waals surface area contributed by atoms with E-state index < -0.39 is 0 Å². The minimum absolute atomic E-state index is 0.479. The van der Waals surface area contributed by atoms with Gasteiger partial charge in [-0.3, -0.25) is 0 Å². The van der Waals surface area contributed by atoms with Gasteiger partial charge in [-0.1, -0.05) is 17.7 Å². The van der Waals surface area contributed by atoms with E-state index in [2.05, 4.69) is 37.4 Å². The molecule has 17 heavy (non-hydrogen) atoms. The molecular formula is C15H23NO.